The summed E-state index contributed by atoms with van der Waals surface area (Å²) in [6.07, 6.45) is 0. The van der Waals surface area contributed by atoms with Gasteiger partial charge < -0.3 is 4.42 Å². The second-order valence-corrected chi connectivity index (χ2v) is 2.80. The molecule has 0 amide bonds. The molecule has 1 aromatic rings. The number of rotatable bonds is 0. The van der Waals surface area contributed by atoms with E-state index in [1.54, 1.807) is 0 Å². The lowest BCUT2D eigenvalue weighted by molar-refractivity contribution is 0.564. The van der Waals surface area contributed by atoms with Gasteiger partial charge in [0.15, 0.2) is 0 Å². The van der Waals surface area contributed by atoms with Gasteiger partial charge in [-0.3, -0.25) is 0 Å². The van der Waals surface area contributed by atoms with E-state index in [1.165, 1.54) is 11.1 Å². The van der Waals surface area contributed by atoms with Crippen molar-refractivity contribution in [2.24, 2.45) is 0 Å². The van der Waals surface area contributed by atoms with Crippen LogP contribution in [-0.2, 0) is 0 Å². The zero-order valence-corrected chi connectivity index (χ0v) is 9.14. The molecule has 0 aliphatic heterocycles. The molecule has 1 atom stereocenters. The van der Waals surface area contributed by atoms with Crippen molar-refractivity contribution in [1.82, 2.24) is 0 Å². The number of hydrogen-bond acceptors (Lipinski definition) is 1. The first kappa shape index (κ1) is 10.7. The summed E-state index contributed by atoms with van der Waals surface area (Å²) in [6.45, 7) is 10.1. The van der Waals surface area contributed by atoms with Gasteiger partial charge in [-0.1, -0.05) is 23.1 Å². The average molecular weight is 172 g/mol. The maximum Gasteiger partial charge on any atom is 0.122 e. The molecule has 64 valence electrons. The van der Waals surface area contributed by atoms with Gasteiger partial charge in [-0.15, -0.1) is 0 Å². The van der Waals surface area contributed by atoms with Crippen LogP contribution in [0.15, 0.2) is 4.42 Å². The largest absolute Gasteiger partial charge is 0.462 e. The zero-order chi connectivity index (χ0) is 9.02. The molecule has 1 rings (SSSR count). The molecular formula is C9H17OP. The Morgan fingerprint density at radius 3 is 1.55 bits per heavy atom. The first-order valence-corrected chi connectivity index (χ1v) is 4.52. The molecule has 0 aromatic carbocycles. The first-order valence-electron chi connectivity index (χ1n) is 3.95. The summed E-state index contributed by atoms with van der Waals surface area (Å²) >= 11 is 0. The van der Waals surface area contributed by atoms with Crippen molar-refractivity contribution in [3.63, 3.8) is 0 Å². The molecule has 0 aliphatic rings. The van der Waals surface area contributed by atoms with Gasteiger partial charge in [-0.2, -0.15) is 0 Å². The van der Waals surface area contributed by atoms with E-state index < -0.39 is 0 Å². The fraction of sp³-hybridized carbons (Fsp3) is 0.556. The Bertz CT molecular complexity index is 203. The van der Waals surface area contributed by atoms with Crippen LogP contribution in [-0.4, -0.2) is 0 Å². The van der Waals surface area contributed by atoms with E-state index in [0.717, 1.165) is 11.3 Å². The molecule has 0 aliphatic carbocycles. The summed E-state index contributed by atoms with van der Waals surface area (Å²) in [7, 11) is 2.58. The third kappa shape index (κ3) is 2.34. The third-order valence-electron chi connectivity index (χ3n) is 1.72. The van der Waals surface area contributed by atoms with E-state index in [-0.39, 0.29) is 0 Å². The molecule has 1 nitrogen and oxygen atoms in total. The van der Waals surface area contributed by atoms with E-state index in [0.29, 0.717) is 0 Å². The Balaban J connectivity index is 0.000000461. The fourth-order valence-corrected chi connectivity index (χ4v) is 1.16. The third-order valence-corrected chi connectivity index (χ3v) is 2.27. The molecule has 0 N–H and O–H groups in total. The molecule has 0 saturated carbocycles. The average Bonchev–Trinajstić information content (AvgIpc) is 2.22. The second-order valence-electron chi connectivity index (χ2n) is 2.27. The van der Waals surface area contributed by atoms with Crippen LogP contribution in [0, 0.1) is 20.8 Å². The van der Waals surface area contributed by atoms with E-state index in [1.807, 2.05) is 20.8 Å². The summed E-state index contributed by atoms with van der Waals surface area (Å²) in [6, 6.07) is 0. The van der Waals surface area contributed by atoms with Crippen LogP contribution in [0.3, 0.4) is 0 Å². The topological polar surface area (TPSA) is 13.1 Å². The van der Waals surface area contributed by atoms with E-state index in [4.69, 9.17) is 4.42 Å². The summed E-state index contributed by atoms with van der Waals surface area (Å²) in [4.78, 5) is 0. The van der Waals surface area contributed by atoms with Crippen molar-refractivity contribution in [2.45, 2.75) is 34.6 Å². The van der Waals surface area contributed by atoms with Crippen molar-refractivity contribution < 1.29 is 4.42 Å². The lowest BCUT2D eigenvalue weighted by Crippen LogP contribution is -1.87. The lowest BCUT2D eigenvalue weighted by atomic mass is 10.2. The van der Waals surface area contributed by atoms with Gasteiger partial charge >= 0.3 is 0 Å². The molecule has 1 aromatic heterocycles. The van der Waals surface area contributed by atoms with Gasteiger partial charge in [0.25, 0.3) is 0 Å². The molecule has 11 heavy (non-hydrogen) atoms. The van der Waals surface area contributed by atoms with Crippen LogP contribution in [0.5, 0.6) is 0 Å². The normalized spacial score (nSPS) is 8.91. The first-order chi connectivity index (χ1) is 5.13. The molecular weight excluding hydrogens is 155 g/mol. The minimum atomic E-state index is 0.963. The summed E-state index contributed by atoms with van der Waals surface area (Å²) in [5, 5.41) is 0. The smallest absolute Gasteiger partial charge is 0.122 e. The Morgan fingerprint density at radius 1 is 1.00 bits per heavy atom. The fourth-order valence-electron chi connectivity index (χ4n) is 0.767. The van der Waals surface area contributed by atoms with Crippen molar-refractivity contribution >= 4 is 14.7 Å². The molecule has 2 heteroatoms. The van der Waals surface area contributed by atoms with Gasteiger partial charge in [0, 0.05) is 0 Å². The van der Waals surface area contributed by atoms with Gasteiger partial charge in [0.05, 0.1) is 0 Å². The lowest BCUT2D eigenvalue weighted by Gasteiger charge is -1.85. The van der Waals surface area contributed by atoms with Crippen LogP contribution in [0.25, 0.3) is 0 Å². The molecule has 0 spiro atoms. The summed E-state index contributed by atoms with van der Waals surface area (Å²) < 4.78 is 5.31. The maximum absolute atomic E-state index is 5.31. The predicted molar refractivity (Wildman–Crippen MR) is 53.6 cm³/mol. The van der Waals surface area contributed by atoms with Gasteiger partial charge in [0.1, 0.15) is 11.3 Å². The summed E-state index contributed by atoms with van der Waals surface area (Å²) in [5.41, 5.74) is 3.47. The standard InChI is InChI=1S/C7H11OP.C2H6/c1-4-5(2)7(9)8-6(4)3;1-2/h9H2,1-3H3;1-2H3. The van der Waals surface area contributed by atoms with E-state index in [9.17, 15) is 0 Å². The monoisotopic (exact) mass is 172 g/mol. The van der Waals surface area contributed by atoms with Crippen LogP contribution in [0.4, 0.5) is 0 Å². The summed E-state index contributed by atoms with van der Waals surface area (Å²) in [5.74, 6) is 1.03. The minimum Gasteiger partial charge on any atom is -0.462 e. The predicted octanol–water partition coefficient (Wildman–Crippen LogP) is 2.73. The van der Waals surface area contributed by atoms with Crippen molar-refractivity contribution in [2.75, 3.05) is 0 Å². The quantitative estimate of drug-likeness (QED) is 0.548. The molecule has 1 unspecified atom stereocenters. The SMILES string of the molecule is CC.Cc1oc(P)c(C)c1C. The highest BCUT2D eigenvalue weighted by molar-refractivity contribution is 7.26. The van der Waals surface area contributed by atoms with Gasteiger partial charge in [-0.05, 0) is 31.9 Å². The van der Waals surface area contributed by atoms with Gasteiger partial charge in [0.2, 0.25) is 0 Å². The number of hydrogen-bond donors (Lipinski definition) is 0. The Kier molecular flexibility index (Phi) is 4.44. The van der Waals surface area contributed by atoms with E-state index >= 15 is 0 Å². The Morgan fingerprint density at radius 2 is 1.45 bits per heavy atom. The van der Waals surface area contributed by atoms with Crippen molar-refractivity contribution in [3.8, 4) is 0 Å². The molecule has 0 bridgehead atoms. The van der Waals surface area contributed by atoms with E-state index in [2.05, 4.69) is 23.1 Å². The van der Waals surface area contributed by atoms with Crippen molar-refractivity contribution in [1.29, 1.82) is 0 Å². The van der Waals surface area contributed by atoms with Crippen LogP contribution in [0.2, 0.25) is 0 Å². The zero-order valence-electron chi connectivity index (χ0n) is 7.99. The van der Waals surface area contributed by atoms with Crippen LogP contribution < -0.4 is 5.50 Å². The second kappa shape index (κ2) is 4.56. The minimum absolute atomic E-state index is 0.963. The molecule has 0 radical (unpaired) electrons. The van der Waals surface area contributed by atoms with Crippen LogP contribution in [0.1, 0.15) is 30.7 Å². The number of aryl methyl sites for hydroxylation is 1. The molecule has 1 heterocycles. The van der Waals surface area contributed by atoms with Crippen molar-refractivity contribution in [3.05, 3.63) is 16.9 Å². The highest BCUT2D eigenvalue weighted by Gasteiger charge is 2.04. The van der Waals surface area contributed by atoms with Crippen LogP contribution >= 0.6 is 9.24 Å². The highest BCUT2D eigenvalue weighted by atomic mass is 31.0. The Hall–Kier alpha value is -0.290. The van der Waals surface area contributed by atoms with Gasteiger partial charge in [-0.25, -0.2) is 0 Å². The molecule has 0 fully saturated rings. The molecule has 0 saturated heterocycles. The maximum atomic E-state index is 5.31. The Labute approximate surface area is 71.4 Å². The highest BCUT2D eigenvalue weighted by Crippen LogP contribution is 2.13. The number of furan rings is 1.